The summed E-state index contributed by atoms with van der Waals surface area (Å²) in [6, 6.07) is 10.9. The van der Waals surface area contributed by atoms with Crippen LogP contribution in [0, 0.1) is 5.92 Å². The summed E-state index contributed by atoms with van der Waals surface area (Å²) in [6.45, 7) is 2.00. The van der Waals surface area contributed by atoms with Gasteiger partial charge in [0.25, 0.3) is 5.91 Å². The minimum absolute atomic E-state index is 0.0811. The maximum atomic E-state index is 12.8. The largest absolute Gasteiger partial charge is 0.486 e. The summed E-state index contributed by atoms with van der Waals surface area (Å²) in [4.78, 5) is 28.6. The average molecular weight is 384 g/mol. The van der Waals surface area contributed by atoms with Crippen LogP contribution in [-0.4, -0.2) is 61.0 Å². The van der Waals surface area contributed by atoms with Crippen LogP contribution >= 0.6 is 0 Å². The SMILES string of the molecule is CN(C[C@@H]1COc2ccccc2O1)C(=O)C1CCN(C(=O)c2ccco2)CC1. The van der Waals surface area contributed by atoms with E-state index in [0.717, 1.165) is 5.75 Å². The van der Waals surface area contributed by atoms with Gasteiger partial charge in [0.15, 0.2) is 23.4 Å². The number of nitrogens with zero attached hydrogens (tertiary/aromatic N) is 2. The quantitative estimate of drug-likeness (QED) is 0.810. The van der Waals surface area contributed by atoms with Crippen molar-refractivity contribution in [2.24, 2.45) is 5.92 Å². The molecule has 0 N–H and O–H groups in total. The maximum Gasteiger partial charge on any atom is 0.289 e. The lowest BCUT2D eigenvalue weighted by Crippen LogP contribution is -2.47. The lowest BCUT2D eigenvalue weighted by molar-refractivity contribution is -0.137. The van der Waals surface area contributed by atoms with Crippen molar-refractivity contribution in [3.05, 3.63) is 48.4 Å². The van der Waals surface area contributed by atoms with Crippen LogP contribution in [0.4, 0.5) is 0 Å². The molecule has 1 aromatic carbocycles. The average Bonchev–Trinajstić information content (AvgIpc) is 3.27. The standard InChI is InChI=1S/C21H24N2O5/c1-22(13-16-14-27-17-5-2-3-6-18(17)28-16)20(24)15-8-10-23(11-9-15)21(25)19-7-4-12-26-19/h2-7,12,15-16H,8-11,13-14H2,1H3/t16-/m1/s1. The number of carbonyl (C=O) groups is 2. The van der Waals surface area contributed by atoms with Crippen LogP contribution in [0.15, 0.2) is 47.1 Å². The molecule has 2 aliphatic rings. The first-order valence-electron chi connectivity index (χ1n) is 9.58. The smallest absolute Gasteiger partial charge is 0.289 e. The fourth-order valence-electron chi connectivity index (χ4n) is 3.75. The van der Waals surface area contributed by atoms with Crippen LogP contribution in [0.25, 0.3) is 0 Å². The predicted molar refractivity (Wildman–Crippen MR) is 101 cm³/mol. The molecular formula is C21H24N2O5. The van der Waals surface area contributed by atoms with Gasteiger partial charge in [-0.1, -0.05) is 12.1 Å². The molecule has 2 amide bonds. The van der Waals surface area contributed by atoms with Gasteiger partial charge in [-0.25, -0.2) is 0 Å². The number of piperidine rings is 1. The first kappa shape index (κ1) is 18.4. The molecule has 0 radical (unpaired) electrons. The minimum Gasteiger partial charge on any atom is -0.486 e. The van der Waals surface area contributed by atoms with Crippen LogP contribution < -0.4 is 9.47 Å². The molecule has 1 atom stereocenters. The number of likely N-dealkylation sites (N-methyl/N-ethyl adjacent to an activating group) is 1. The number of benzene rings is 1. The number of carbonyl (C=O) groups excluding carboxylic acids is 2. The number of fused-ring (bicyclic) bond motifs is 1. The van der Waals surface area contributed by atoms with Crippen LogP contribution in [-0.2, 0) is 4.79 Å². The molecule has 7 heteroatoms. The molecule has 4 rings (SSSR count). The number of furan rings is 1. The van der Waals surface area contributed by atoms with Crippen molar-refractivity contribution in [1.29, 1.82) is 0 Å². The highest BCUT2D eigenvalue weighted by atomic mass is 16.6. The van der Waals surface area contributed by atoms with Crippen molar-refractivity contribution in [3.63, 3.8) is 0 Å². The van der Waals surface area contributed by atoms with Crippen LogP contribution in [0.2, 0.25) is 0 Å². The van der Waals surface area contributed by atoms with Crippen molar-refractivity contribution in [2.45, 2.75) is 18.9 Å². The Morgan fingerprint density at radius 1 is 1.11 bits per heavy atom. The zero-order valence-electron chi connectivity index (χ0n) is 15.9. The van der Waals surface area contributed by atoms with Gasteiger partial charge >= 0.3 is 0 Å². The van der Waals surface area contributed by atoms with E-state index < -0.39 is 0 Å². The Labute approximate surface area is 163 Å². The lowest BCUT2D eigenvalue weighted by Gasteiger charge is -2.34. The molecule has 0 aliphatic carbocycles. The molecular weight excluding hydrogens is 360 g/mol. The number of amides is 2. The molecule has 2 aliphatic heterocycles. The molecule has 1 aromatic heterocycles. The monoisotopic (exact) mass is 384 g/mol. The predicted octanol–water partition coefficient (Wildman–Crippen LogP) is 2.43. The first-order valence-corrected chi connectivity index (χ1v) is 9.58. The summed E-state index contributed by atoms with van der Waals surface area (Å²) < 4.78 is 16.8. The van der Waals surface area contributed by atoms with E-state index in [9.17, 15) is 9.59 Å². The van der Waals surface area contributed by atoms with E-state index in [-0.39, 0.29) is 23.8 Å². The summed E-state index contributed by atoms with van der Waals surface area (Å²) in [5, 5.41) is 0. The van der Waals surface area contributed by atoms with Gasteiger partial charge < -0.3 is 23.7 Å². The molecule has 0 bridgehead atoms. The Morgan fingerprint density at radius 2 is 1.86 bits per heavy atom. The molecule has 1 saturated heterocycles. The van der Waals surface area contributed by atoms with E-state index in [0.29, 0.717) is 50.6 Å². The van der Waals surface area contributed by atoms with Crippen LogP contribution in [0.3, 0.4) is 0 Å². The summed E-state index contributed by atoms with van der Waals surface area (Å²) in [6.07, 6.45) is 2.61. The van der Waals surface area contributed by atoms with Crippen LogP contribution in [0.5, 0.6) is 11.5 Å². The van der Waals surface area contributed by atoms with Crippen molar-refractivity contribution in [2.75, 3.05) is 33.3 Å². The van der Waals surface area contributed by atoms with Gasteiger partial charge in [-0.05, 0) is 37.1 Å². The van der Waals surface area contributed by atoms with E-state index >= 15 is 0 Å². The van der Waals surface area contributed by atoms with Gasteiger partial charge in [-0.15, -0.1) is 0 Å². The van der Waals surface area contributed by atoms with Crippen molar-refractivity contribution < 1.29 is 23.5 Å². The summed E-state index contributed by atoms with van der Waals surface area (Å²) in [5.74, 6) is 1.69. The zero-order valence-corrected chi connectivity index (χ0v) is 15.9. The van der Waals surface area contributed by atoms with E-state index in [1.807, 2.05) is 24.3 Å². The van der Waals surface area contributed by atoms with Crippen LogP contribution in [0.1, 0.15) is 23.4 Å². The summed E-state index contributed by atoms with van der Waals surface area (Å²) in [5.41, 5.74) is 0. The number of ether oxygens (including phenoxy) is 2. The summed E-state index contributed by atoms with van der Waals surface area (Å²) >= 11 is 0. The van der Waals surface area contributed by atoms with Gasteiger partial charge in [0, 0.05) is 26.1 Å². The topological polar surface area (TPSA) is 72.2 Å². The molecule has 0 unspecified atom stereocenters. The van der Waals surface area contributed by atoms with E-state index in [4.69, 9.17) is 13.9 Å². The fraction of sp³-hybridized carbons (Fsp3) is 0.429. The van der Waals surface area contributed by atoms with Gasteiger partial charge in [0.2, 0.25) is 5.91 Å². The Balaban J connectivity index is 1.27. The van der Waals surface area contributed by atoms with E-state index in [2.05, 4.69) is 0 Å². The van der Waals surface area contributed by atoms with Gasteiger partial charge in [0.1, 0.15) is 6.61 Å². The molecule has 0 saturated carbocycles. The zero-order chi connectivity index (χ0) is 19.5. The number of likely N-dealkylation sites (tertiary alicyclic amines) is 1. The second-order valence-corrected chi connectivity index (χ2v) is 7.26. The minimum atomic E-state index is -0.190. The Kier molecular flexibility index (Phi) is 5.23. The summed E-state index contributed by atoms with van der Waals surface area (Å²) in [7, 11) is 1.80. The highest BCUT2D eigenvalue weighted by Gasteiger charge is 2.32. The highest BCUT2D eigenvalue weighted by Crippen LogP contribution is 2.31. The first-order chi connectivity index (χ1) is 13.6. The van der Waals surface area contributed by atoms with Crippen molar-refractivity contribution in [1.82, 2.24) is 9.80 Å². The lowest BCUT2D eigenvalue weighted by atomic mass is 9.95. The second kappa shape index (κ2) is 7.96. The molecule has 148 valence electrons. The van der Waals surface area contributed by atoms with Crippen molar-refractivity contribution in [3.8, 4) is 11.5 Å². The number of hydrogen-bond acceptors (Lipinski definition) is 5. The molecule has 2 aromatic rings. The maximum absolute atomic E-state index is 12.8. The number of rotatable bonds is 4. The molecule has 28 heavy (non-hydrogen) atoms. The van der Waals surface area contributed by atoms with Gasteiger partial charge in [0.05, 0.1) is 12.8 Å². The molecule has 7 nitrogen and oxygen atoms in total. The van der Waals surface area contributed by atoms with Crippen molar-refractivity contribution >= 4 is 11.8 Å². The highest BCUT2D eigenvalue weighted by molar-refractivity contribution is 5.91. The van der Waals surface area contributed by atoms with Gasteiger partial charge in [-0.2, -0.15) is 0 Å². The number of hydrogen-bond donors (Lipinski definition) is 0. The Morgan fingerprint density at radius 3 is 2.57 bits per heavy atom. The molecule has 1 fully saturated rings. The van der Waals surface area contributed by atoms with E-state index in [1.165, 1.54) is 6.26 Å². The third-order valence-corrected chi connectivity index (χ3v) is 5.28. The number of para-hydroxylation sites is 2. The van der Waals surface area contributed by atoms with Gasteiger partial charge in [-0.3, -0.25) is 9.59 Å². The second-order valence-electron chi connectivity index (χ2n) is 7.26. The third kappa shape index (κ3) is 3.83. The fourth-order valence-corrected chi connectivity index (χ4v) is 3.75. The third-order valence-electron chi connectivity index (χ3n) is 5.28. The van der Waals surface area contributed by atoms with E-state index in [1.54, 1.807) is 29.0 Å². The molecule has 3 heterocycles. The normalized spacial score (nSPS) is 19.3. The molecule has 0 spiro atoms. The Hall–Kier alpha value is -2.96. The Bertz CT molecular complexity index is 827.